The summed E-state index contributed by atoms with van der Waals surface area (Å²) in [4.78, 5) is 9.06. The van der Waals surface area contributed by atoms with Crippen LogP contribution in [0.1, 0.15) is 11.4 Å². The van der Waals surface area contributed by atoms with Gasteiger partial charge in [-0.1, -0.05) is 36.4 Å². The van der Waals surface area contributed by atoms with Gasteiger partial charge in [0.2, 0.25) is 0 Å². The molecule has 4 rings (SSSR count). The fourth-order valence-corrected chi connectivity index (χ4v) is 3.45. The molecule has 0 fully saturated rings. The summed E-state index contributed by atoms with van der Waals surface area (Å²) in [5, 5.41) is 2.47. The largest absolute Gasteiger partial charge is 0.308 e. The Balaban J connectivity index is 1.86. The number of hydrogen-bond acceptors (Lipinski definition) is 2. The average Bonchev–Trinajstić information content (AvgIpc) is 2.86. The Morgan fingerprint density at radius 1 is 1.05 bits per heavy atom. The van der Waals surface area contributed by atoms with E-state index in [1.54, 1.807) is 0 Å². The van der Waals surface area contributed by atoms with Gasteiger partial charge in [-0.15, -0.1) is 0 Å². The predicted molar refractivity (Wildman–Crippen MR) is 93.0 cm³/mol. The summed E-state index contributed by atoms with van der Waals surface area (Å²) >= 11 is 3.76. The highest BCUT2D eigenvalue weighted by molar-refractivity contribution is 9.10. The van der Waals surface area contributed by atoms with E-state index in [0.29, 0.717) is 0 Å². The summed E-state index contributed by atoms with van der Waals surface area (Å²) in [7, 11) is 0. The quantitative estimate of drug-likeness (QED) is 0.523. The van der Waals surface area contributed by atoms with Gasteiger partial charge >= 0.3 is 0 Å². The maximum Gasteiger partial charge on any atom is 0.160 e. The molecule has 0 aliphatic carbocycles. The number of fused-ring (bicyclic) bond motifs is 2. The van der Waals surface area contributed by atoms with Gasteiger partial charge in [-0.3, -0.25) is 0 Å². The molecule has 0 saturated carbocycles. The zero-order chi connectivity index (χ0) is 15.1. The predicted octanol–water partition coefficient (Wildman–Crippen LogP) is 4.70. The summed E-state index contributed by atoms with van der Waals surface area (Å²) in [5.74, 6) is 0.980. The van der Waals surface area contributed by atoms with Crippen LogP contribution in [0.4, 0.5) is 0 Å². The van der Waals surface area contributed by atoms with E-state index >= 15 is 0 Å². The standard InChI is InChI=1S/C18H14BrN3/c1-12-21-16-7-4-10-20-18(16)22(12)11-14-9-8-13-5-2-3-6-15(13)17(14)19/h2-10H,11H2,1H3. The molecule has 4 heteroatoms. The number of imidazole rings is 1. The number of rotatable bonds is 2. The number of hydrogen-bond donors (Lipinski definition) is 0. The van der Waals surface area contributed by atoms with Crippen LogP contribution in [-0.2, 0) is 6.54 Å². The van der Waals surface area contributed by atoms with Crippen molar-refractivity contribution in [3.63, 3.8) is 0 Å². The fourth-order valence-electron chi connectivity index (χ4n) is 2.83. The van der Waals surface area contributed by atoms with E-state index in [4.69, 9.17) is 0 Å². The van der Waals surface area contributed by atoms with Crippen molar-refractivity contribution in [3.05, 3.63) is 70.6 Å². The molecule has 2 heterocycles. The van der Waals surface area contributed by atoms with Crippen LogP contribution < -0.4 is 0 Å². The molecule has 0 saturated heterocycles. The minimum atomic E-state index is 0.755. The molecule has 0 unspecified atom stereocenters. The molecule has 4 aromatic rings. The fraction of sp³-hybridized carbons (Fsp3) is 0.111. The molecule has 0 atom stereocenters. The maximum absolute atomic E-state index is 4.59. The van der Waals surface area contributed by atoms with Gasteiger partial charge in [0, 0.05) is 10.7 Å². The molecule has 108 valence electrons. The van der Waals surface area contributed by atoms with Crippen LogP contribution in [-0.4, -0.2) is 14.5 Å². The molecule has 2 aromatic carbocycles. The maximum atomic E-state index is 4.59. The molecule has 0 spiro atoms. The van der Waals surface area contributed by atoms with Crippen molar-refractivity contribution in [2.24, 2.45) is 0 Å². The number of nitrogens with zero attached hydrogens (tertiary/aromatic N) is 3. The highest BCUT2D eigenvalue weighted by Crippen LogP contribution is 2.29. The first-order chi connectivity index (χ1) is 10.7. The summed E-state index contributed by atoms with van der Waals surface area (Å²) in [5.41, 5.74) is 3.10. The first-order valence-electron chi connectivity index (χ1n) is 7.18. The van der Waals surface area contributed by atoms with Crippen LogP contribution in [0.2, 0.25) is 0 Å². The number of pyridine rings is 1. The third-order valence-corrected chi connectivity index (χ3v) is 4.90. The van der Waals surface area contributed by atoms with E-state index in [0.717, 1.165) is 28.0 Å². The Kier molecular flexibility index (Phi) is 3.19. The molecule has 2 aromatic heterocycles. The Morgan fingerprint density at radius 2 is 1.91 bits per heavy atom. The molecule has 3 nitrogen and oxygen atoms in total. The lowest BCUT2D eigenvalue weighted by molar-refractivity contribution is 0.776. The molecule has 0 bridgehead atoms. The first-order valence-corrected chi connectivity index (χ1v) is 7.97. The number of halogens is 1. The van der Waals surface area contributed by atoms with Crippen molar-refractivity contribution in [2.45, 2.75) is 13.5 Å². The SMILES string of the molecule is Cc1nc2cccnc2n1Cc1ccc2ccccc2c1Br. The zero-order valence-corrected chi connectivity index (χ0v) is 13.7. The van der Waals surface area contributed by atoms with Crippen molar-refractivity contribution < 1.29 is 0 Å². The molecular weight excluding hydrogens is 338 g/mol. The summed E-state index contributed by atoms with van der Waals surface area (Å²) < 4.78 is 3.30. The molecule has 0 amide bonds. The van der Waals surface area contributed by atoms with Gasteiger partial charge in [0.15, 0.2) is 5.65 Å². The van der Waals surface area contributed by atoms with Gasteiger partial charge in [0.05, 0.1) is 6.54 Å². The van der Waals surface area contributed by atoms with Crippen molar-refractivity contribution in [2.75, 3.05) is 0 Å². The highest BCUT2D eigenvalue weighted by atomic mass is 79.9. The third-order valence-electron chi connectivity index (χ3n) is 3.97. The van der Waals surface area contributed by atoms with Crippen LogP contribution in [0.15, 0.2) is 59.2 Å². The molecular formula is C18H14BrN3. The first kappa shape index (κ1) is 13.5. The van der Waals surface area contributed by atoms with E-state index in [1.165, 1.54) is 16.3 Å². The van der Waals surface area contributed by atoms with E-state index in [2.05, 4.69) is 66.9 Å². The number of aryl methyl sites for hydroxylation is 1. The van der Waals surface area contributed by atoms with Crippen LogP contribution in [0.25, 0.3) is 21.9 Å². The van der Waals surface area contributed by atoms with Gasteiger partial charge in [-0.05, 0) is 51.3 Å². The normalized spacial score (nSPS) is 11.4. The Labute approximate surface area is 136 Å². The van der Waals surface area contributed by atoms with E-state index in [-0.39, 0.29) is 0 Å². The summed E-state index contributed by atoms with van der Waals surface area (Å²) in [6, 6.07) is 16.6. The van der Waals surface area contributed by atoms with Gasteiger partial charge in [-0.2, -0.15) is 0 Å². The number of aromatic nitrogens is 3. The molecule has 0 radical (unpaired) electrons. The Bertz CT molecular complexity index is 988. The zero-order valence-electron chi connectivity index (χ0n) is 12.1. The van der Waals surface area contributed by atoms with Gasteiger partial charge in [0.1, 0.15) is 11.3 Å². The molecule has 0 aliphatic heterocycles. The topological polar surface area (TPSA) is 30.7 Å². The van der Waals surface area contributed by atoms with Crippen molar-refractivity contribution in [1.29, 1.82) is 0 Å². The second-order valence-corrected chi connectivity index (χ2v) is 6.14. The Morgan fingerprint density at radius 3 is 2.82 bits per heavy atom. The number of benzene rings is 2. The second kappa shape index (κ2) is 5.21. The smallest absolute Gasteiger partial charge is 0.160 e. The lowest BCUT2D eigenvalue weighted by Gasteiger charge is -2.10. The highest BCUT2D eigenvalue weighted by Gasteiger charge is 2.11. The van der Waals surface area contributed by atoms with Crippen molar-refractivity contribution >= 4 is 37.9 Å². The minimum Gasteiger partial charge on any atom is -0.308 e. The molecule has 22 heavy (non-hydrogen) atoms. The second-order valence-electron chi connectivity index (χ2n) is 5.35. The molecule has 0 N–H and O–H groups in total. The van der Waals surface area contributed by atoms with Crippen molar-refractivity contribution in [1.82, 2.24) is 14.5 Å². The average molecular weight is 352 g/mol. The lowest BCUT2D eigenvalue weighted by atomic mass is 10.1. The molecule has 0 aliphatic rings. The third kappa shape index (κ3) is 2.11. The van der Waals surface area contributed by atoms with Gasteiger partial charge < -0.3 is 4.57 Å². The van der Waals surface area contributed by atoms with Crippen LogP contribution in [0.5, 0.6) is 0 Å². The van der Waals surface area contributed by atoms with Gasteiger partial charge in [0.25, 0.3) is 0 Å². The summed E-state index contributed by atoms with van der Waals surface area (Å²) in [6.45, 7) is 2.78. The summed E-state index contributed by atoms with van der Waals surface area (Å²) in [6.07, 6.45) is 1.81. The van der Waals surface area contributed by atoms with Crippen LogP contribution in [0.3, 0.4) is 0 Å². The van der Waals surface area contributed by atoms with Crippen molar-refractivity contribution in [3.8, 4) is 0 Å². The monoisotopic (exact) mass is 351 g/mol. The van der Waals surface area contributed by atoms with E-state index < -0.39 is 0 Å². The van der Waals surface area contributed by atoms with E-state index in [1.807, 2.05) is 25.3 Å². The van der Waals surface area contributed by atoms with Crippen LogP contribution in [0, 0.1) is 6.92 Å². The lowest BCUT2D eigenvalue weighted by Crippen LogP contribution is -2.03. The van der Waals surface area contributed by atoms with Crippen LogP contribution >= 0.6 is 15.9 Å². The Hall–Kier alpha value is -2.20. The van der Waals surface area contributed by atoms with E-state index in [9.17, 15) is 0 Å². The van der Waals surface area contributed by atoms with Gasteiger partial charge in [-0.25, -0.2) is 9.97 Å². The minimum absolute atomic E-state index is 0.755.